The van der Waals surface area contributed by atoms with Crippen molar-refractivity contribution in [2.45, 2.75) is 78.2 Å². The van der Waals surface area contributed by atoms with Crippen LogP contribution in [0.2, 0.25) is 0 Å². The van der Waals surface area contributed by atoms with Gasteiger partial charge in [0.2, 0.25) is 11.8 Å². The highest BCUT2D eigenvalue weighted by Gasteiger charge is 2.26. The van der Waals surface area contributed by atoms with Crippen LogP contribution in [0, 0.1) is 11.8 Å². The normalized spacial score (nSPS) is 22.7. The van der Waals surface area contributed by atoms with Gasteiger partial charge in [-0.1, -0.05) is 26.2 Å². The molecule has 2 N–H and O–H groups in total. The van der Waals surface area contributed by atoms with Gasteiger partial charge in [0.25, 0.3) is 0 Å². The van der Waals surface area contributed by atoms with Gasteiger partial charge in [0.05, 0.1) is 6.54 Å². The minimum atomic E-state index is -0.251. The molecule has 122 valence electrons. The van der Waals surface area contributed by atoms with Crippen LogP contribution < -0.4 is 10.6 Å². The van der Waals surface area contributed by atoms with Gasteiger partial charge in [-0.3, -0.25) is 9.59 Å². The Hall–Kier alpha value is -1.06. The lowest BCUT2D eigenvalue weighted by molar-refractivity contribution is -0.130. The van der Waals surface area contributed by atoms with Crippen molar-refractivity contribution in [3.8, 4) is 0 Å². The molecule has 1 rings (SSSR count). The average Bonchev–Trinajstić information content (AvgIpc) is 2.41. The summed E-state index contributed by atoms with van der Waals surface area (Å²) in [5, 5.41) is 5.64. The van der Waals surface area contributed by atoms with Crippen LogP contribution in [0.5, 0.6) is 0 Å². The van der Waals surface area contributed by atoms with Crippen LogP contribution >= 0.6 is 0 Å². The Balaban J connectivity index is 2.23. The molecule has 1 fully saturated rings. The molecule has 0 spiro atoms. The van der Waals surface area contributed by atoms with Gasteiger partial charge in [0, 0.05) is 11.5 Å². The van der Waals surface area contributed by atoms with Crippen LogP contribution in [-0.2, 0) is 9.59 Å². The Morgan fingerprint density at radius 1 is 1.10 bits per heavy atom. The zero-order valence-electron chi connectivity index (χ0n) is 14.1. The first kappa shape index (κ1) is 18.0. The molecule has 0 aromatic heterocycles. The number of rotatable bonds is 6. The molecule has 0 unspecified atom stereocenters. The van der Waals surface area contributed by atoms with Gasteiger partial charge >= 0.3 is 0 Å². The van der Waals surface area contributed by atoms with Gasteiger partial charge in [-0.05, 0) is 52.4 Å². The van der Waals surface area contributed by atoms with Crippen molar-refractivity contribution in [2.75, 3.05) is 6.54 Å². The fourth-order valence-corrected chi connectivity index (χ4v) is 2.98. The second kappa shape index (κ2) is 8.40. The first-order chi connectivity index (χ1) is 9.81. The molecule has 0 radical (unpaired) electrons. The molecule has 1 aliphatic rings. The first-order valence-corrected chi connectivity index (χ1v) is 8.40. The highest BCUT2D eigenvalue weighted by molar-refractivity contribution is 5.86. The Morgan fingerprint density at radius 2 is 1.71 bits per heavy atom. The molecule has 2 amide bonds. The molecule has 4 nitrogen and oxygen atoms in total. The zero-order chi connectivity index (χ0) is 15.9. The van der Waals surface area contributed by atoms with Crippen LogP contribution in [0.3, 0.4) is 0 Å². The molecule has 0 bridgehead atoms. The number of carbonyl (C=O) groups is 2. The van der Waals surface area contributed by atoms with E-state index in [1.807, 2.05) is 20.8 Å². The Labute approximate surface area is 129 Å². The quantitative estimate of drug-likeness (QED) is 0.791. The van der Waals surface area contributed by atoms with E-state index in [0.29, 0.717) is 0 Å². The topological polar surface area (TPSA) is 58.2 Å². The largest absolute Gasteiger partial charge is 0.350 e. The third-order valence-electron chi connectivity index (χ3n) is 4.12. The van der Waals surface area contributed by atoms with E-state index < -0.39 is 0 Å². The maximum absolute atomic E-state index is 12.1. The summed E-state index contributed by atoms with van der Waals surface area (Å²) in [5.74, 6) is 0.837. The minimum absolute atomic E-state index is 0.0491. The fraction of sp³-hybridized carbons (Fsp3) is 0.882. The van der Waals surface area contributed by atoms with Crippen molar-refractivity contribution >= 4 is 11.8 Å². The van der Waals surface area contributed by atoms with Crippen molar-refractivity contribution in [1.29, 1.82) is 0 Å². The number of hydrogen-bond donors (Lipinski definition) is 2. The molecule has 0 atom stereocenters. The lowest BCUT2D eigenvalue weighted by Crippen LogP contribution is -2.46. The summed E-state index contributed by atoms with van der Waals surface area (Å²) in [5.41, 5.74) is -0.251. The number of nitrogens with one attached hydrogen (secondary N) is 2. The van der Waals surface area contributed by atoms with Crippen molar-refractivity contribution in [1.82, 2.24) is 10.6 Å². The van der Waals surface area contributed by atoms with Crippen LogP contribution in [0.1, 0.15) is 72.6 Å². The summed E-state index contributed by atoms with van der Waals surface area (Å²) in [6.07, 6.45) is 8.12. The zero-order valence-corrected chi connectivity index (χ0v) is 14.1. The van der Waals surface area contributed by atoms with E-state index in [2.05, 4.69) is 17.6 Å². The standard InChI is InChI=1S/C17H32N2O2/c1-5-6-7-13-8-10-14(11-9-13)16(21)18-12-15(20)19-17(2,3)4/h13-14H,5-12H2,1-4H3,(H,18,21)(H,19,20). The van der Waals surface area contributed by atoms with E-state index in [9.17, 15) is 9.59 Å². The molecule has 0 aromatic rings. The van der Waals surface area contributed by atoms with Crippen LogP contribution in [0.4, 0.5) is 0 Å². The minimum Gasteiger partial charge on any atom is -0.350 e. The van der Waals surface area contributed by atoms with E-state index in [0.717, 1.165) is 31.6 Å². The van der Waals surface area contributed by atoms with Crippen molar-refractivity contribution in [2.24, 2.45) is 11.8 Å². The highest BCUT2D eigenvalue weighted by Crippen LogP contribution is 2.31. The van der Waals surface area contributed by atoms with Crippen LogP contribution in [0.15, 0.2) is 0 Å². The maximum atomic E-state index is 12.1. The van der Waals surface area contributed by atoms with E-state index in [1.165, 1.54) is 19.3 Å². The Bertz CT molecular complexity index is 339. The van der Waals surface area contributed by atoms with Crippen molar-refractivity contribution in [3.63, 3.8) is 0 Å². The van der Waals surface area contributed by atoms with E-state index in [1.54, 1.807) is 0 Å². The van der Waals surface area contributed by atoms with E-state index in [4.69, 9.17) is 0 Å². The molecule has 21 heavy (non-hydrogen) atoms. The van der Waals surface area contributed by atoms with Crippen molar-refractivity contribution in [3.05, 3.63) is 0 Å². The van der Waals surface area contributed by atoms with Gasteiger partial charge in [0.15, 0.2) is 0 Å². The van der Waals surface area contributed by atoms with Crippen molar-refractivity contribution < 1.29 is 9.59 Å². The van der Waals surface area contributed by atoms with Crippen LogP contribution in [-0.4, -0.2) is 23.9 Å². The maximum Gasteiger partial charge on any atom is 0.239 e. The predicted octanol–water partition coefficient (Wildman–Crippen LogP) is 3.01. The summed E-state index contributed by atoms with van der Waals surface area (Å²) in [6, 6.07) is 0. The smallest absolute Gasteiger partial charge is 0.239 e. The molecular weight excluding hydrogens is 264 g/mol. The molecule has 1 aliphatic carbocycles. The first-order valence-electron chi connectivity index (χ1n) is 8.40. The van der Waals surface area contributed by atoms with Gasteiger partial charge in [-0.2, -0.15) is 0 Å². The molecule has 0 aliphatic heterocycles. The second-order valence-corrected chi connectivity index (χ2v) is 7.38. The molecule has 4 heteroatoms. The van der Waals surface area contributed by atoms with Gasteiger partial charge in [0.1, 0.15) is 0 Å². The molecule has 0 heterocycles. The molecular formula is C17H32N2O2. The summed E-state index contributed by atoms with van der Waals surface area (Å²) < 4.78 is 0. The highest BCUT2D eigenvalue weighted by atomic mass is 16.2. The third-order valence-corrected chi connectivity index (χ3v) is 4.12. The lowest BCUT2D eigenvalue weighted by atomic mass is 9.79. The SMILES string of the molecule is CCCCC1CCC(C(=O)NCC(=O)NC(C)(C)C)CC1. The van der Waals surface area contributed by atoms with Gasteiger partial charge < -0.3 is 10.6 Å². The molecule has 1 saturated carbocycles. The van der Waals surface area contributed by atoms with Gasteiger partial charge in [-0.15, -0.1) is 0 Å². The summed E-state index contributed by atoms with van der Waals surface area (Å²) in [4.78, 5) is 23.8. The number of amides is 2. The van der Waals surface area contributed by atoms with Crippen LogP contribution in [0.25, 0.3) is 0 Å². The number of unbranched alkanes of at least 4 members (excludes halogenated alkanes) is 1. The predicted molar refractivity (Wildman–Crippen MR) is 85.9 cm³/mol. The number of hydrogen-bond acceptors (Lipinski definition) is 2. The average molecular weight is 296 g/mol. The van der Waals surface area contributed by atoms with E-state index >= 15 is 0 Å². The second-order valence-electron chi connectivity index (χ2n) is 7.38. The summed E-state index contributed by atoms with van der Waals surface area (Å²) in [7, 11) is 0. The van der Waals surface area contributed by atoms with Gasteiger partial charge in [-0.25, -0.2) is 0 Å². The molecule has 0 saturated heterocycles. The Morgan fingerprint density at radius 3 is 2.24 bits per heavy atom. The fourth-order valence-electron chi connectivity index (χ4n) is 2.98. The Kier molecular flexibility index (Phi) is 7.20. The third kappa shape index (κ3) is 7.49. The lowest BCUT2D eigenvalue weighted by Gasteiger charge is -2.28. The summed E-state index contributed by atoms with van der Waals surface area (Å²) >= 11 is 0. The number of carbonyl (C=O) groups excluding carboxylic acids is 2. The van der Waals surface area contributed by atoms with E-state index in [-0.39, 0.29) is 29.8 Å². The molecule has 0 aromatic carbocycles. The summed E-state index contributed by atoms with van der Waals surface area (Å²) in [6.45, 7) is 8.12. The monoisotopic (exact) mass is 296 g/mol.